The second-order valence-electron chi connectivity index (χ2n) is 5.82. The summed E-state index contributed by atoms with van der Waals surface area (Å²) in [7, 11) is 0. The standard InChI is InChI=1S/C15H26O2/c1-6-12(4)14(16)17-10-9-15(5)8-7-13(15)11(2)3/h12-13H,2,6-10H2,1,3-5H3/t12-,13+,15+/m1/s1. The van der Waals surface area contributed by atoms with Gasteiger partial charge in [0.25, 0.3) is 0 Å². The Hall–Kier alpha value is -0.790. The maximum atomic E-state index is 11.5. The van der Waals surface area contributed by atoms with E-state index in [4.69, 9.17) is 4.74 Å². The largest absolute Gasteiger partial charge is 0.465 e. The zero-order valence-electron chi connectivity index (χ0n) is 11.7. The molecule has 0 radical (unpaired) electrons. The maximum Gasteiger partial charge on any atom is 0.308 e. The van der Waals surface area contributed by atoms with Gasteiger partial charge >= 0.3 is 5.97 Å². The lowest BCUT2D eigenvalue weighted by Crippen LogP contribution is -2.39. The zero-order valence-corrected chi connectivity index (χ0v) is 11.7. The molecule has 0 aliphatic heterocycles. The van der Waals surface area contributed by atoms with Gasteiger partial charge in [-0.3, -0.25) is 4.79 Å². The second-order valence-corrected chi connectivity index (χ2v) is 5.82. The Labute approximate surface area is 105 Å². The van der Waals surface area contributed by atoms with Crippen molar-refractivity contribution in [1.29, 1.82) is 0 Å². The Morgan fingerprint density at radius 2 is 2.24 bits per heavy atom. The van der Waals surface area contributed by atoms with Gasteiger partial charge in [-0.1, -0.05) is 32.9 Å². The van der Waals surface area contributed by atoms with Crippen LogP contribution in [0.5, 0.6) is 0 Å². The minimum absolute atomic E-state index is 0.0288. The van der Waals surface area contributed by atoms with Crippen LogP contribution >= 0.6 is 0 Å². The molecule has 98 valence electrons. The smallest absolute Gasteiger partial charge is 0.308 e. The van der Waals surface area contributed by atoms with Crippen molar-refractivity contribution in [3.8, 4) is 0 Å². The van der Waals surface area contributed by atoms with E-state index in [-0.39, 0.29) is 11.9 Å². The quantitative estimate of drug-likeness (QED) is 0.517. The fourth-order valence-electron chi connectivity index (χ4n) is 2.62. The molecule has 1 aliphatic rings. The highest BCUT2D eigenvalue weighted by Crippen LogP contribution is 2.51. The van der Waals surface area contributed by atoms with Crippen molar-refractivity contribution in [1.82, 2.24) is 0 Å². The molecule has 2 nitrogen and oxygen atoms in total. The Kier molecular flexibility index (Phi) is 4.79. The van der Waals surface area contributed by atoms with Crippen LogP contribution < -0.4 is 0 Å². The van der Waals surface area contributed by atoms with Gasteiger partial charge in [-0.2, -0.15) is 0 Å². The number of esters is 1. The van der Waals surface area contributed by atoms with Crippen LogP contribution in [0.4, 0.5) is 0 Å². The first kappa shape index (κ1) is 14.3. The average molecular weight is 238 g/mol. The molecule has 1 aliphatic carbocycles. The first-order valence-electron chi connectivity index (χ1n) is 6.72. The highest BCUT2D eigenvalue weighted by atomic mass is 16.5. The van der Waals surface area contributed by atoms with E-state index in [0.29, 0.717) is 17.9 Å². The third kappa shape index (κ3) is 3.34. The Bertz CT molecular complexity index is 295. The maximum absolute atomic E-state index is 11.5. The predicted octanol–water partition coefficient (Wildman–Crippen LogP) is 3.96. The first-order valence-corrected chi connectivity index (χ1v) is 6.72. The van der Waals surface area contributed by atoms with Crippen LogP contribution in [0.25, 0.3) is 0 Å². The number of ether oxygens (including phenoxy) is 1. The molecule has 0 amide bonds. The summed E-state index contributed by atoms with van der Waals surface area (Å²) in [4.78, 5) is 11.5. The summed E-state index contributed by atoms with van der Waals surface area (Å²) in [6.45, 7) is 12.9. The van der Waals surface area contributed by atoms with Crippen molar-refractivity contribution in [3.05, 3.63) is 12.2 Å². The lowest BCUT2D eigenvalue weighted by atomic mass is 9.57. The van der Waals surface area contributed by atoms with Crippen molar-refractivity contribution in [2.45, 2.75) is 53.4 Å². The van der Waals surface area contributed by atoms with Crippen LogP contribution in [-0.4, -0.2) is 12.6 Å². The number of carbonyl (C=O) groups is 1. The Morgan fingerprint density at radius 1 is 1.59 bits per heavy atom. The molecular weight excluding hydrogens is 212 g/mol. The zero-order chi connectivity index (χ0) is 13.1. The molecule has 3 atom stereocenters. The molecule has 17 heavy (non-hydrogen) atoms. The van der Waals surface area contributed by atoms with Crippen LogP contribution in [0.1, 0.15) is 53.4 Å². The number of hydrogen-bond donors (Lipinski definition) is 0. The van der Waals surface area contributed by atoms with Crippen molar-refractivity contribution in [2.24, 2.45) is 17.3 Å². The van der Waals surface area contributed by atoms with Gasteiger partial charge in [0.05, 0.1) is 12.5 Å². The summed E-state index contributed by atoms with van der Waals surface area (Å²) in [5.41, 5.74) is 1.58. The molecule has 0 unspecified atom stereocenters. The van der Waals surface area contributed by atoms with Crippen molar-refractivity contribution in [2.75, 3.05) is 6.61 Å². The molecule has 0 bridgehead atoms. The molecule has 1 fully saturated rings. The number of rotatable bonds is 6. The highest BCUT2D eigenvalue weighted by Gasteiger charge is 2.42. The fraction of sp³-hybridized carbons (Fsp3) is 0.800. The van der Waals surface area contributed by atoms with Gasteiger partial charge in [0.1, 0.15) is 0 Å². The third-order valence-electron chi connectivity index (χ3n) is 4.37. The summed E-state index contributed by atoms with van der Waals surface area (Å²) in [5.74, 6) is 0.591. The van der Waals surface area contributed by atoms with E-state index in [9.17, 15) is 4.79 Å². The summed E-state index contributed by atoms with van der Waals surface area (Å²) in [6.07, 6.45) is 4.29. The first-order chi connectivity index (χ1) is 7.90. The molecule has 0 saturated heterocycles. The van der Waals surface area contributed by atoms with E-state index in [2.05, 4.69) is 20.4 Å². The van der Waals surface area contributed by atoms with Crippen molar-refractivity contribution >= 4 is 5.97 Å². The molecule has 2 heteroatoms. The summed E-state index contributed by atoms with van der Waals surface area (Å²) in [5, 5.41) is 0. The van der Waals surface area contributed by atoms with Gasteiger partial charge in [-0.05, 0) is 43.9 Å². The number of allylic oxidation sites excluding steroid dienone is 1. The fourth-order valence-corrected chi connectivity index (χ4v) is 2.62. The monoisotopic (exact) mass is 238 g/mol. The molecule has 0 aromatic rings. The lowest BCUT2D eigenvalue weighted by Gasteiger charge is -2.48. The topological polar surface area (TPSA) is 26.3 Å². The van der Waals surface area contributed by atoms with Gasteiger partial charge in [0.15, 0.2) is 0 Å². The van der Waals surface area contributed by atoms with E-state index in [1.807, 2.05) is 13.8 Å². The van der Waals surface area contributed by atoms with E-state index < -0.39 is 0 Å². The molecule has 0 aromatic heterocycles. The van der Waals surface area contributed by atoms with Crippen LogP contribution in [0, 0.1) is 17.3 Å². The SMILES string of the molecule is C=C(C)[C@@H]1CC[C@@]1(C)CCOC(=O)[C@H](C)CC. The van der Waals surface area contributed by atoms with Gasteiger partial charge in [-0.15, -0.1) is 0 Å². The van der Waals surface area contributed by atoms with Crippen LogP contribution in [-0.2, 0) is 9.53 Å². The molecule has 1 rings (SSSR count). The second kappa shape index (κ2) is 5.70. The molecular formula is C15H26O2. The van der Waals surface area contributed by atoms with Crippen molar-refractivity contribution in [3.63, 3.8) is 0 Å². The predicted molar refractivity (Wildman–Crippen MR) is 70.7 cm³/mol. The Morgan fingerprint density at radius 3 is 2.65 bits per heavy atom. The minimum Gasteiger partial charge on any atom is -0.465 e. The Balaban J connectivity index is 2.32. The van der Waals surface area contributed by atoms with E-state index in [1.165, 1.54) is 18.4 Å². The highest BCUT2D eigenvalue weighted by molar-refractivity contribution is 5.71. The summed E-state index contributed by atoms with van der Waals surface area (Å²) in [6, 6.07) is 0. The van der Waals surface area contributed by atoms with Crippen LogP contribution in [0.3, 0.4) is 0 Å². The summed E-state index contributed by atoms with van der Waals surface area (Å²) >= 11 is 0. The minimum atomic E-state index is -0.0534. The molecule has 1 saturated carbocycles. The summed E-state index contributed by atoms with van der Waals surface area (Å²) < 4.78 is 5.33. The van der Waals surface area contributed by atoms with Crippen molar-refractivity contribution < 1.29 is 9.53 Å². The van der Waals surface area contributed by atoms with Gasteiger partial charge in [0, 0.05) is 0 Å². The lowest BCUT2D eigenvalue weighted by molar-refractivity contribution is -0.149. The van der Waals surface area contributed by atoms with E-state index >= 15 is 0 Å². The number of hydrogen-bond acceptors (Lipinski definition) is 2. The van der Waals surface area contributed by atoms with E-state index in [0.717, 1.165) is 12.8 Å². The normalized spacial score (nSPS) is 29.3. The van der Waals surface area contributed by atoms with Crippen LogP contribution in [0.15, 0.2) is 12.2 Å². The van der Waals surface area contributed by atoms with Gasteiger partial charge in [0.2, 0.25) is 0 Å². The molecule has 0 spiro atoms. The van der Waals surface area contributed by atoms with Gasteiger partial charge < -0.3 is 4.74 Å². The third-order valence-corrected chi connectivity index (χ3v) is 4.37. The van der Waals surface area contributed by atoms with E-state index in [1.54, 1.807) is 0 Å². The average Bonchev–Trinajstić information content (AvgIpc) is 2.25. The van der Waals surface area contributed by atoms with Crippen LogP contribution in [0.2, 0.25) is 0 Å². The molecule has 0 heterocycles. The van der Waals surface area contributed by atoms with Gasteiger partial charge in [-0.25, -0.2) is 0 Å². The number of carbonyl (C=O) groups excluding carboxylic acids is 1. The molecule has 0 N–H and O–H groups in total. The molecule has 0 aromatic carbocycles.